The number of benzene rings is 4. The average molecular weight is 535 g/mol. The van der Waals surface area contributed by atoms with E-state index in [-0.39, 0.29) is 22.3 Å². The third-order valence-corrected chi connectivity index (χ3v) is 7.92. The second kappa shape index (κ2) is 10.5. The summed E-state index contributed by atoms with van der Waals surface area (Å²) in [6, 6.07) is 28.0. The van der Waals surface area contributed by atoms with Crippen molar-refractivity contribution in [3.63, 3.8) is 0 Å². The van der Waals surface area contributed by atoms with E-state index in [9.17, 15) is 13.2 Å². The lowest BCUT2D eigenvalue weighted by Gasteiger charge is -2.20. The number of rotatable bonds is 8. The summed E-state index contributed by atoms with van der Waals surface area (Å²) in [5.74, 6) is 1.18. The van der Waals surface area contributed by atoms with Crippen molar-refractivity contribution in [3.8, 4) is 17.2 Å². The van der Waals surface area contributed by atoms with Crippen LogP contribution in [0.4, 0.5) is 11.4 Å². The maximum Gasteiger partial charge on any atom is 0.264 e. The molecule has 7 nitrogen and oxygen atoms in total. The van der Waals surface area contributed by atoms with Crippen LogP contribution in [0.25, 0.3) is 0 Å². The number of ether oxygens (including phenoxy) is 2. The van der Waals surface area contributed by atoms with Crippen molar-refractivity contribution in [2.45, 2.75) is 11.3 Å². The van der Waals surface area contributed by atoms with Crippen LogP contribution in [-0.2, 0) is 21.2 Å². The van der Waals surface area contributed by atoms with Crippen molar-refractivity contribution < 1.29 is 22.7 Å². The number of para-hydroxylation sites is 2. The van der Waals surface area contributed by atoms with Crippen LogP contribution in [0.5, 0.6) is 17.2 Å². The number of amides is 1. The largest absolute Gasteiger partial charge is 0.482 e. The monoisotopic (exact) mass is 534 g/mol. The lowest BCUT2D eigenvalue weighted by molar-refractivity contribution is -0.118. The van der Waals surface area contributed by atoms with Gasteiger partial charge >= 0.3 is 0 Å². The predicted molar refractivity (Wildman–Crippen MR) is 143 cm³/mol. The summed E-state index contributed by atoms with van der Waals surface area (Å²) in [5.41, 5.74) is 2.24. The second-order valence-corrected chi connectivity index (χ2v) is 10.6. The van der Waals surface area contributed by atoms with Gasteiger partial charge in [0.15, 0.2) is 6.61 Å². The molecule has 188 valence electrons. The number of halogens is 1. The van der Waals surface area contributed by atoms with Crippen molar-refractivity contribution in [2.24, 2.45) is 0 Å². The van der Waals surface area contributed by atoms with Crippen LogP contribution in [0, 0.1) is 0 Å². The van der Waals surface area contributed by atoms with Crippen molar-refractivity contribution in [1.29, 1.82) is 0 Å². The van der Waals surface area contributed by atoms with Crippen molar-refractivity contribution in [2.75, 3.05) is 22.8 Å². The van der Waals surface area contributed by atoms with Crippen LogP contribution in [0.3, 0.4) is 0 Å². The third kappa shape index (κ3) is 5.55. The van der Waals surface area contributed by atoms with E-state index >= 15 is 0 Å². The van der Waals surface area contributed by atoms with E-state index in [1.807, 2.05) is 48.5 Å². The smallest absolute Gasteiger partial charge is 0.264 e. The molecule has 0 unspecified atom stereocenters. The summed E-state index contributed by atoms with van der Waals surface area (Å²) >= 11 is 6.32. The summed E-state index contributed by atoms with van der Waals surface area (Å²) in [5, 5.41) is 2.84. The fourth-order valence-electron chi connectivity index (χ4n) is 4.02. The minimum Gasteiger partial charge on any atom is -0.482 e. The normalized spacial score (nSPS) is 12.6. The molecule has 9 heteroatoms. The van der Waals surface area contributed by atoms with Gasteiger partial charge in [0.2, 0.25) is 0 Å². The Balaban J connectivity index is 1.18. The summed E-state index contributed by atoms with van der Waals surface area (Å²) in [7, 11) is -3.78. The highest BCUT2D eigenvalue weighted by molar-refractivity contribution is 7.92. The fraction of sp³-hybridized carbons (Fsp3) is 0.107. The highest BCUT2D eigenvalue weighted by Crippen LogP contribution is 2.35. The molecule has 0 aromatic heterocycles. The number of anilines is 2. The van der Waals surface area contributed by atoms with Crippen molar-refractivity contribution >= 4 is 38.9 Å². The lowest BCUT2D eigenvalue weighted by Crippen LogP contribution is -2.29. The Morgan fingerprint density at radius 3 is 2.35 bits per heavy atom. The first-order valence-corrected chi connectivity index (χ1v) is 13.4. The molecule has 0 spiro atoms. The Morgan fingerprint density at radius 1 is 0.892 bits per heavy atom. The standard InChI is InChI=1S/C28H23ClN2O5S/c29-25-18-24(37(33,34)31-17-16-20-6-4-5-9-26(20)31)14-15-27(25)35-19-28(32)30-21-10-12-23(13-11-21)36-22-7-2-1-3-8-22/h1-15,18H,16-17,19H2,(H,30,32). The molecular formula is C28H23ClN2O5S. The molecule has 0 saturated carbocycles. The molecule has 0 saturated heterocycles. The number of carbonyl (C=O) groups is 1. The van der Waals surface area contributed by atoms with Crippen LogP contribution in [0.1, 0.15) is 5.56 Å². The molecule has 0 fully saturated rings. The van der Waals surface area contributed by atoms with Gasteiger partial charge in [0.05, 0.1) is 15.6 Å². The van der Waals surface area contributed by atoms with Gasteiger partial charge in [-0.25, -0.2) is 8.42 Å². The summed E-state index contributed by atoms with van der Waals surface area (Å²) in [6.45, 7) is 0.0741. The second-order valence-electron chi connectivity index (χ2n) is 8.32. The molecule has 1 amide bonds. The number of nitrogens with one attached hydrogen (secondary N) is 1. The lowest BCUT2D eigenvalue weighted by atomic mass is 10.2. The molecule has 4 aromatic rings. The van der Waals surface area contributed by atoms with Crippen LogP contribution < -0.4 is 19.1 Å². The van der Waals surface area contributed by atoms with Gasteiger partial charge in [-0.1, -0.05) is 48.0 Å². The van der Waals surface area contributed by atoms with Gasteiger partial charge in [-0.05, 0) is 72.6 Å². The Labute approximate surface area is 220 Å². The molecule has 1 heterocycles. The Morgan fingerprint density at radius 2 is 1.59 bits per heavy atom. The summed E-state index contributed by atoms with van der Waals surface area (Å²) in [4.78, 5) is 12.4. The molecule has 0 bridgehead atoms. The van der Waals surface area contributed by atoms with Crippen molar-refractivity contribution in [3.05, 3.63) is 108 Å². The molecule has 0 radical (unpaired) electrons. The Hall–Kier alpha value is -4.01. The summed E-state index contributed by atoms with van der Waals surface area (Å²) in [6.07, 6.45) is 0.655. The van der Waals surface area contributed by atoms with Gasteiger partial charge in [-0.3, -0.25) is 9.10 Å². The molecular weight excluding hydrogens is 512 g/mol. The first-order chi connectivity index (χ1) is 17.9. The van der Waals surface area contributed by atoms with Crippen LogP contribution >= 0.6 is 11.6 Å². The number of hydrogen-bond acceptors (Lipinski definition) is 5. The topological polar surface area (TPSA) is 84.9 Å². The first kappa shape index (κ1) is 24.7. The maximum atomic E-state index is 13.2. The molecule has 1 aliphatic rings. The summed E-state index contributed by atoms with van der Waals surface area (Å²) < 4.78 is 39.1. The van der Waals surface area contributed by atoms with E-state index in [2.05, 4.69) is 5.32 Å². The van der Waals surface area contributed by atoms with Gasteiger partial charge in [-0.15, -0.1) is 0 Å². The van der Waals surface area contributed by atoms with Crippen LogP contribution in [-0.4, -0.2) is 27.5 Å². The van der Waals surface area contributed by atoms with E-state index in [4.69, 9.17) is 21.1 Å². The molecule has 1 N–H and O–H groups in total. The number of sulfonamides is 1. The molecule has 0 atom stereocenters. The molecule has 0 aliphatic carbocycles. The Kier molecular flexibility index (Phi) is 7.03. The first-order valence-electron chi connectivity index (χ1n) is 11.6. The van der Waals surface area contributed by atoms with Crippen molar-refractivity contribution in [1.82, 2.24) is 0 Å². The Bertz CT molecular complexity index is 1530. The zero-order chi connectivity index (χ0) is 25.8. The van der Waals surface area contributed by atoms with E-state index < -0.39 is 15.9 Å². The zero-order valence-electron chi connectivity index (χ0n) is 19.6. The number of carbonyl (C=O) groups excluding carboxylic acids is 1. The van der Waals surface area contributed by atoms with E-state index in [0.717, 1.165) is 5.56 Å². The van der Waals surface area contributed by atoms with Gasteiger partial charge < -0.3 is 14.8 Å². The van der Waals surface area contributed by atoms with Gasteiger partial charge in [0.1, 0.15) is 17.2 Å². The van der Waals surface area contributed by atoms with Gasteiger partial charge in [-0.2, -0.15) is 0 Å². The van der Waals surface area contributed by atoms with Gasteiger partial charge in [0.25, 0.3) is 15.9 Å². The predicted octanol–water partition coefficient (Wildman–Crippen LogP) is 5.90. The van der Waals surface area contributed by atoms with Crippen LogP contribution in [0.15, 0.2) is 102 Å². The number of fused-ring (bicyclic) bond motifs is 1. The minimum absolute atomic E-state index is 0.0591. The average Bonchev–Trinajstić information content (AvgIpc) is 3.35. The van der Waals surface area contributed by atoms with E-state index in [0.29, 0.717) is 35.8 Å². The number of nitrogens with zero attached hydrogens (tertiary/aromatic N) is 1. The maximum absolute atomic E-state index is 13.2. The van der Waals surface area contributed by atoms with Crippen LogP contribution in [0.2, 0.25) is 5.02 Å². The highest BCUT2D eigenvalue weighted by atomic mass is 35.5. The molecule has 1 aliphatic heterocycles. The molecule has 37 heavy (non-hydrogen) atoms. The third-order valence-electron chi connectivity index (χ3n) is 5.81. The highest BCUT2D eigenvalue weighted by Gasteiger charge is 2.31. The molecule has 4 aromatic carbocycles. The molecule has 5 rings (SSSR count). The zero-order valence-corrected chi connectivity index (χ0v) is 21.2. The van der Waals surface area contributed by atoms with E-state index in [1.54, 1.807) is 30.3 Å². The van der Waals surface area contributed by atoms with Gasteiger partial charge in [0, 0.05) is 12.2 Å². The SMILES string of the molecule is O=C(COc1ccc(S(=O)(=O)N2CCc3ccccc32)cc1Cl)Nc1ccc(Oc2ccccc2)cc1. The minimum atomic E-state index is -3.78. The van der Waals surface area contributed by atoms with E-state index in [1.165, 1.54) is 22.5 Å². The number of hydrogen-bond donors (Lipinski definition) is 1. The fourth-order valence-corrected chi connectivity index (χ4v) is 5.85. The quantitative estimate of drug-likeness (QED) is 0.304.